The fourth-order valence-electron chi connectivity index (χ4n) is 1.19. The minimum Gasteiger partial charge on any atom is -0.385 e. The molecule has 1 aromatic rings. The average Bonchev–Trinajstić information content (AvgIpc) is 2.29. The predicted molar refractivity (Wildman–Crippen MR) is 71.4 cm³/mol. The van der Waals surface area contributed by atoms with Crippen LogP contribution >= 0.6 is 31.9 Å². The lowest BCUT2D eigenvalue weighted by Crippen LogP contribution is -2.33. The summed E-state index contributed by atoms with van der Waals surface area (Å²) in [6.07, 6.45) is -1.17. The molecular weight excluding hydrogens is 360 g/mol. The molecule has 0 spiro atoms. The van der Waals surface area contributed by atoms with Gasteiger partial charge in [0.05, 0.1) is 0 Å². The van der Waals surface area contributed by atoms with Gasteiger partial charge in [0.2, 0.25) is 2.57 Å². The van der Waals surface area contributed by atoms with E-state index < -0.39 is 18.5 Å². The van der Waals surface area contributed by atoms with Crippen LogP contribution in [0.25, 0.3) is 0 Å². The van der Waals surface area contributed by atoms with Gasteiger partial charge in [-0.1, -0.05) is 69.1 Å². The van der Waals surface area contributed by atoms with Crippen LogP contribution in [0.4, 0.5) is 0 Å². The summed E-state index contributed by atoms with van der Waals surface area (Å²) >= 11 is 6.09. The van der Waals surface area contributed by atoms with Crippen LogP contribution in [0.2, 0.25) is 0 Å². The number of hydrogen-bond acceptors (Lipinski definition) is 3. The van der Waals surface area contributed by atoms with Crippen molar-refractivity contribution in [2.75, 3.05) is 5.75 Å². The van der Waals surface area contributed by atoms with Crippen molar-refractivity contribution in [3.63, 3.8) is 0 Å². The van der Waals surface area contributed by atoms with Gasteiger partial charge in [-0.15, -0.1) is 0 Å². The van der Waals surface area contributed by atoms with Crippen molar-refractivity contribution < 1.29 is 13.5 Å². The normalized spacial score (nSPS) is 14.8. The first-order valence-electron chi connectivity index (χ1n) is 4.66. The molecule has 1 aromatic carbocycles. The highest BCUT2D eigenvalue weighted by Crippen LogP contribution is 2.44. The lowest BCUT2D eigenvalue weighted by atomic mass is 10.1. The zero-order valence-corrected chi connectivity index (χ0v) is 12.6. The van der Waals surface area contributed by atoms with Crippen LogP contribution < -0.4 is 0 Å². The summed E-state index contributed by atoms with van der Waals surface area (Å²) in [4.78, 5) is 0. The molecule has 0 radical (unpaired) electrons. The third-order valence-electron chi connectivity index (χ3n) is 2.23. The SMILES string of the molecule is CCS(=O)(=O)C(Br)(Br)[C@@H](O)c1ccccc1. The van der Waals surface area contributed by atoms with E-state index in [0.29, 0.717) is 5.56 Å². The number of alkyl halides is 2. The Kier molecular flexibility index (Phi) is 4.57. The van der Waals surface area contributed by atoms with Gasteiger partial charge in [-0.3, -0.25) is 0 Å². The van der Waals surface area contributed by atoms with Gasteiger partial charge in [0.15, 0.2) is 9.84 Å². The van der Waals surface area contributed by atoms with Gasteiger partial charge in [-0.25, -0.2) is 8.42 Å². The molecule has 0 aliphatic heterocycles. The van der Waals surface area contributed by atoms with Crippen LogP contribution in [0.15, 0.2) is 30.3 Å². The maximum absolute atomic E-state index is 11.8. The highest BCUT2D eigenvalue weighted by molar-refractivity contribution is 9.28. The molecule has 0 saturated heterocycles. The van der Waals surface area contributed by atoms with Crippen LogP contribution in [0.5, 0.6) is 0 Å². The summed E-state index contributed by atoms with van der Waals surface area (Å²) in [5, 5.41) is 10.0. The Morgan fingerprint density at radius 1 is 1.31 bits per heavy atom. The quantitative estimate of drug-likeness (QED) is 0.827. The van der Waals surface area contributed by atoms with E-state index in [9.17, 15) is 13.5 Å². The molecule has 0 bridgehead atoms. The molecule has 1 N–H and O–H groups in total. The maximum Gasteiger partial charge on any atom is 0.210 e. The van der Waals surface area contributed by atoms with Crippen molar-refractivity contribution in [1.82, 2.24) is 0 Å². The molecule has 6 heteroatoms. The molecule has 0 aromatic heterocycles. The fraction of sp³-hybridized carbons (Fsp3) is 0.400. The van der Waals surface area contributed by atoms with E-state index >= 15 is 0 Å². The Balaban J connectivity index is 3.11. The maximum atomic E-state index is 11.8. The fourth-order valence-corrected chi connectivity index (χ4v) is 3.96. The van der Waals surface area contributed by atoms with Crippen molar-refractivity contribution in [2.24, 2.45) is 0 Å². The Hall–Kier alpha value is 0.0900. The molecule has 0 unspecified atom stereocenters. The third-order valence-corrected chi connectivity index (χ3v) is 7.87. The van der Waals surface area contributed by atoms with E-state index in [1.54, 1.807) is 30.3 Å². The van der Waals surface area contributed by atoms with Crippen LogP contribution in [0, 0.1) is 0 Å². The molecule has 0 aliphatic carbocycles. The first-order valence-corrected chi connectivity index (χ1v) is 7.90. The van der Waals surface area contributed by atoms with E-state index in [-0.39, 0.29) is 5.75 Å². The molecule has 0 aliphatic rings. The van der Waals surface area contributed by atoms with E-state index in [1.807, 2.05) is 0 Å². The lowest BCUT2D eigenvalue weighted by Gasteiger charge is -2.26. The summed E-state index contributed by atoms with van der Waals surface area (Å²) in [5.41, 5.74) is 0.535. The molecule has 0 fully saturated rings. The van der Waals surface area contributed by atoms with Crippen molar-refractivity contribution in [1.29, 1.82) is 0 Å². The van der Waals surface area contributed by atoms with E-state index in [0.717, 1.165) is 0 Å². The van der Waals surface area contributed by atoms with E-state index in [1.165, 1.54) is 6.92 Å². The molecule has 0 saturated carbocycles. The van der Waals surface area contributed by atoms with E-state index in [2.05, 4.69) is 31.9 Å². The Morgan fingerprint density at radius 3 is 2.25 bits per heavy atom. The molecule has 1 atom stereocenters. The topological polar surface area (TPSA) is 54.4 Å². The monoisotopic (exact) mass is 370 g/mol. The number of aliphatic hydroxyl groups excluding tert-OH is 1. The van der Waals surface area contributed by atoms with Gasteiger partial charge in [0, 0.05) is 5.75 Å². The molecule has 16 heavy (non-hydrogen) atoms. The largest absolute Gasteiger partial charge is 0.385 e. The predicted octanol–water partition coefficient (Wildman–Crippen LogP) is 2.60. The van der Waals surface area contributed by atoms with Crippen molar-refractivity contribution in [2.45, 2.75) is 15.6 Å². The molecule has 90 valence electrons. The summed E-state index contributed by atoms with van der Waals surface area (Å²) in [7, 11) is -3.46. The average molecular weight is 372 g/mol. The van der Waals surface area contributed by atoms with Crippen molar-refractivity contribution in [3.8, 4) is 0 Å². The molecule has 0 amide bonds. The molecule has 1 rings (SSSR count). The van der Waals surface area contributed by atoms with Gasteiger partial charge in [-0.05, 0) is 5.56 Å². The smallest absolute Gasteiger partial charge is 0.210 e. The zero-order valence-electron chi connectivity index (χ0n) is 8.60. The molecular formula is C10H12Br2O3S. The second-order valence-corrected chi connectivity index (χ2v) is 10.3. The lowest BCUT2D eigenvalue weighted by molar-refractivity contribution is 0.189. The van der Waals surface area contributed by atoms with Crippen molar-refractivity contribution in [3.05, 3.63) is 35.9 Å². The van der Waals surface area contributed by atoms with Gasteiger partial charge >= 0.3 is 0 Å². The number of aliphatic hydroxyl groups is 1. The van der Waals surface area contributed by atoms with Crippen molar-refractivity contribution >= 4 is 41.7 Å². The zero-order chi connectivity index (χ0) is 12.4. The summed E-state index contributed by atoms with van der Waals surface area (Å²) in [6, 6.07) is 8.63. The first-order chi connectivity index (χ1) is 7.33. The minimum atomic E-state index is -3.46. The van der Waals surface area contributed by atoms with Crippen LogP contribution in [-0.2, 0) is 9.84 Å². The second-order valence-electron chi connectivity index (χ2n) is 3.28. The third kappa shape index (κ3) is 2.67. The van der Waals surface area contributed by atoms with Gasteiger partial charge < -0.3 is 5.11 Å². The van der Waals surface area contributed by atoms with Gasteiger partial charge in [0.1, 0.15) is 6.10 Å². The van der Waals surface area contributed by atoms with Gasteiger partial charge in [-0.2, -0.15) is 0 Å². The van der Waals surface area contributed by atoms with E-state index in [4.69, 9.17) is 0 Å². The highest BCUT2D eigenvalue weighted by atomic mass is 79.9. The number of hydrogen-bond donors (Lipinski definition) is 1. The number of sulfone groups is 1. The number of halogens is 2. The highest BCUT2D eigenvalue weighted by Gasteiger charge is 2.45. The van der Waals surface area contributed by atoms with Crippen LogP contribution in [-0.4, -0.2) is 21.8 Å². The molecule has 0 heterocycles. The Bertz CT molecular complexity index is 442. The van der Waals surface area contributed by atoms with Crippen LogP contribution in [0.3, 0.4) is 0 Å². The first kappa shape index (κ1) is 14.2. The van der Waals surface area contributed by atoms with Gasteiger partial charge in [0.25, 0.3) is 0 Å². The molecule has 3 nitrogen and oxygen atoms in total. The minimum absolute atomic E-state index is 0.0621. The summed E-state index contributed by atoms with van der Waals surface area (Å²) < 4.78 is 22.0. The number of rotatable bonds is 4. The van der Waals surface area contributed by atoms with Crippen LogP contribution in [0.1, 0.15) is 18.6 Å². The second kappa shape index (κ2) is 5.16. The Labute approximate surface area is 112 Å². The summed E-state index contributed by atoms with van der Waals surface area (Å²) in [6.45, 7) is 1.53. The summed E-state index contributed by atoms with van der Waals surface area (Å²) in [5.74, 6) is -0.0621. The Morgan fingerprint density at radius 2 is 1.81 bits per heavy atom. The standard InChI is InChI=1S/C10H12Br2O3S/c1-2-16(14,15)10(11,12)9(13)8-6-4-3-5-7-8/h3-7,9,13H,2H2,1H3/t9-/m0/s1. The number of benzene rings is 1.